The summed E-state index contributed by atoms with van der Waals surface area (Å²) in [6, 6.07) is 26.8. The number of oxazole rings is 1. The van der Waals surface area contributed by atoms with Gasteiger partial charge in [0.05, 0.1) is 46.1 Å². The van der Waals surface area contributed by atoms with Crippen LogP contribution in [0.4, 0.5) is 11.4 Å². The lowest BCUT2D eigenvalue weighted by Gasteiger charge is -2.49. The molecule has 1 aromatic heterocycles. The number of benzene rings is 4. The van der Waals surface area contributed by atoms with Crippen molar-refractivity contribution in [3.8, 4) is 23.0 Å². The standard InChI is InChI=1S/C41H32BrN3O7/c1-41-28(38(48)45(40(41)50)23-8-4-3-5-9-23)20-27-25(34(41)22-18-29(42)35(46)32(19-22)51-2)16-17-26-33(27)39(49)44(37(26)47)24-14-12-21(13-15-24)36-43-30-10-6-7-11-31(30)52-36/h3-16,18-19,26-28,33-34,46H,17,20H2,1-2H3. The monoisotopic (exact) mass is 757 g/mol. The number of carbonyl (C=O) groups excluding carboxylic acids is 4. The van der Waals surface area contributed by atoms with Crippen LogP contribution in [0.2, 0.25) is 0 Å². The number of phenols is 1. The minimum atomic E-state index is -1.23. The van der Waals surface area contributed by atoms with Gasteiger partial charge in [-0.3, -0.25) is 24.1 Å². The fourth-order valence-corrected chi connectivity index (χ4v) is 9.60. The van der Waals surface area contributed by atoms with Gasteiger partial charge in [-0.1, -0.05) is 42.0 Å². The number of phenolic OH excluding ortho intramolecular Hbond substituents is 1. The van der Waals surface area contributed by atoms with Crippen LogP contribution in [0, 0.1) is 29.1 Å². The summed E-state index contributed by atoms with van der Waals surface area (Å²) in [7, 11) is 1.45. The lowest BCUT2D eigenvalue weighted by atomic mass is 9.51. The molecule has 1 saturated carbocycles. The Morgan fingerprint density at radius 1 is 0.865 bits per heavy atom. The molecular formula is C41H32BrN3O7. The fourth-order valence-electron chi connectivity index (χ4n) is 9.14. The molecular weight excluding hydrogens is 726 g/mol. The van der Waals surface area contributed by atoms with Gasteiger partial charge in [0, 0.05) is 11.5 Å². The molecule has 2 aliphatic carbocycles. The Bertz CT molecular complexity index is 2340. The van der Waals surface area contributed by atoms with Crippen LogP contribution in [0.25, 0.3) is 22.6 Å². The molecule has 0 radical (unpaired) electrons. The number of anilines is 2. The van der Waals surface area contributed by atoms with E-state index in [1.165, 1.54) is 16.9 Å². The molecule has 6 atom stereocenters. The van der Waals surface area contributed by atoms with Crippen molar-refractivity contribution in [2.24, 2.45) is 29.1 Å². The van der Waals surface area contributed by atoms with Gasteiger partial charge < -0.3 is 14.3 Å². The number of aromatic nitrogens is 1. The SMILES string of the molecule is COc1cc(C2C3=CCC4C(=O)N(c5ccc(-c6nc7ccccc7o6)cc5)C(=O)C4C3CC3C(=O)N(c4ccccc4)C(=O)C32C)cc(Br)c1O. The molecule has 1 N–H and O–H groups in total. The van der Waals surface area contributed by atoms with Crippen molar-refractivity contribution in [3.05, 3.63) is 113 Å². The third-order valence-corrected chi connectivity index (χ3v) is 12.2. The zero-order valence-electron chi connectivity index (χ0n) is 28.2. The lowest BCUT2D eigenvalue weighted by Crippen LogP contribution is -2.48. The number of para-hydroxylation sites is 3. The molecule has 0 spiro atoms. The Balaban J connectivity index is 1.11. The normalized spacial score (nSPS) is 26.8. The molecule has 10 nitrogen and oxygen atoms in total. The van der Waals surface area contributed by atoms with E-state index in [0.29, 0.717) is 44.9 Å². The molecule has 0 bridgehead atoms. The Morgan fingerprint density at radius 2 is 1.58 bits per heavy atom. The number of hydrogen-bond donors (Lipinski definition) is 1. The minimum absolute atomic E-state index is 0.0907. The molecule has 4 amide bonds. The van der Waals surface area contributed by atoms with Crippen LogP contribution in [0.5, 0.6) is 11.5 Å². The molecule has 4 aromatic carbocycles. The zero-order chi connectivity index (χ0) is 36.1. The summed E-state index contributed by atoms with van der Waals surface area (Å²) < 4.78 is 11.8. The van der Waals surface area contributed by atoms with Gasteiger partial charge in [-0.25, -0.2) is 9.88 Å². The fraction of sp³-hybridized carbons (Fsp3) is 0.244. The first-order chi connectivity index (χ1) is 25.1. The van der Waals surface area contributed by atoms with E-state index in [1.807, 2.05) is 43.3 Å². The summed E-state index contributed by atoms with van der Waals surface area (Å²) in [6.45, 7) is 1.83. The highest BCUT2D eigenvalue weighted by atomic mass is 79.9. The second kappa shape index (κ2) is 11.7. The average molecular weight is 759 g/mol. The highest BCUT2D eigenvalue weighted by molar-refractivity contribution is 9.10. The van der Waals surface area contributed by atoms with Crippen LogP contribution in [-0.2, 0) is 19.2 Å². The Hall–Kier alpha value is -5.55. The van der Waals surface area contributed by atoms with Crippen molar-refractivity contribution < 1.29 is 33.4 Å². The molecule has 2 saturated heterocycles. The first-order valence-electron chi connectivity index (χ1n) is 17.2. The zero-order valence-corrected chi connectivity index (χ0v) is 29.7. The summed E-state index contributed by atoms with van der Waals surface area (Å²) in [5.74, 6) is -4.02. The molecule has 9 rings (SSSR count). The van der Waals surface area contributed by atoms with Gasteiger partial charge in [0.1, 0.15) is 5.52 Å². The second-order valence-electron chi connectivity index (χ2n) is 14.1. The smallest absolute Gasteiger partial charge is 0.241 e. The van der Waals surface area contributed by atoms with Crippen LogP contribution < -0.4 is 14.5 Å². The minimum Gasteiger partial charge on any atom is -0.503 e. The van der Waals surface area contributed by atoms with Crippen molar-refractivity contribution in [2.45, 2.75) is 25.7 Å². The molecule has 6 unspecified atom stereocenters. The van der Waals surface area contributed by atoms with Crippen molar-refractivity contribution in [3.63, 3.8) is 0 Å². The van der Waals surface area contributed by atoms with Crippen molar-refractivity contribution in [1.82, 2.24) is 4.98 Å². The predicted molar refractivity (Wildman–Crippen MR) is 195 cm³/mol. The quantitative estimate of drug-likeness (QED) is 0.145. The maximum absolute atomic E-state index is 14.6. The van der Waals surface area contributed by atoms with E-state index in [0.717, 1.165) is 11.1 Å². The number of hydrogen-bond acceptors (Lipinski definition) is 8. The Kier molecular flexibility index (Phi) is 7.31. The number of amides is 4. The number of nitrogens with zero attached hydrogens (tertiary/aromatic N) is 3. The van der Waals surface area contributed by atoms with Gasteiger partial charge in [0.2, 0.25) is 29.5 Å². The third-order valence-electron chi connectivity index (χ3n) is 11.6. The maximum atomic E-state index is 14.6. The van der Waals surface area contributed by atoms with E-state index < -0.39 is 35.0 Å². The molecule has 260 valence electrons. The van der Waals surface area contributed by atoms with Crippen LogP contribution in [0.15, 0.2) is 112 Å². The lowest BCUT2D eigenvalue weighted by molar-refractivity contribution is -0.131. The molecule has 2 aliphatic heterocycles. The van der Waals surface area contributed by atoms with E-state index in [2.05, 4.69) is 20.9 Å². The number of methoxy groups -OCH3 is 1. The molecule has 11 heteroatoms. The molecule has 3 heterocycles. The van der Waals surface area contributed by atoms with E-state index in [4.69, 9.17) is 9.15 Å². The second-order valence-corrected chi connectivity index (χ2v) is 15.0. The van der Waals surface area contributed by atoms with Crippen LogP contribution in [0.3, 0.4) is 0 Å². The van der Waals surface area contributed by atoms with Crippen LogP contribution in [0.1, 0.15) is 31.2 Å². The number of carbonyl (C=O) groups is 4. The molecule has 52 heavy (non-hydrogen) atoms. The number of rotatable bonds is 5. The number of allylic oxidation sites excluding steroid dienone is 2. The molecule has 3 fully saturated rings. The van der Waals surface area contributed by atoms with Gasteiger partial charge in [-0.2, -0.15) is 0 Å². The number of halogens is 1. The number of aromatic hydroxyl groups is 1. The summed E-state index contributed by atoms with van der Waals surface area (Å²) in [5, 5.41) is 10.7. The number of imide groups is 2. The van der Waals surface area contributed by atoms with Crippen LogP contribution in [-0.4, -0.2) is 40.8 Å². The largest absolute Gasteiger partial charge is 0.503 e. The van der Waals surface area contributed by atoms with Crippen molar-refractivity contribution in [1.29, 1.82) is 0 Å². The Morgan fingerprint density at radius 3 is 2.31 bits per heavy atom. The highest BCUT2D eigenvalue weighted by Gasteiger charge is 2.67. The highest BCUT2D eigenvalue weighted by Crippen LogP contribution is 2.64. The third kappa shape index (κ3) is 4.51. The average Bonchev–Trinajstić information content (AvgIpc) is 3.76. The van der Waals surface area contributed by atoms with Gasteiger partial charge in [0.25, 0.3) is 0 Å². The number of fused-ring (bicyclic) bond motifs is 5. The van der Waals surface area contributed by atoms with Crippen molar-refractivity contribution in [2.75, 3.05) is 16.9 Å². The van der Waals surface area contributed by atoms with Gasteiger partial charge in [-0.15, -0.1) is 0 Å². The van der Waals surface area contributed by atoms with Gasteiger partial charge in [-0.05, 0) is 108 Å². The van der Waals surface area contributed by atoms with Crippen molar-refractivity contribution >= 4 is 62.0 Å². The Labute approximate surface area is 306 Å². The van der Waals surface area contributed by atoms with E-state index in [-0.39, 0.29) is 41.5 Å². The number of ether oxygens (including phenoxy) is 1. The van der Waals surface area contributed by atoms with E-state index in [9.17, 15) is 24.3 Å². The molecule has 5 aromatic rings. The van der Waals surface area contributed by atoms with Crippen LogP contribution >= 0.6 is 15.9 Å². The topological polar surface area (TPSA) is 130 Å². The maximum Gasteiger partial charge on any atom is 0.241 e. The summed E-state index contributed by atoms with van der Waals surface area (Å²) in [6.07, 6.45) is 2.53. The summed E-state index contributed by atoms with van der Waals surface area (Å²) >= 11 is 3.46. The summed E-state index contributed by atoms with van der Waals surface area (Å²) in [5.41, 5.74) is 3.28. The first-order valence-corrected chi connectivity index (χ1v) is 17.9. The van der Waals surface area contributed by atoms with E-state index >= 15 is 0 Å². The van der Waals surface area contributed by atoms with Gasteiger partial charge in [0.15, 0.2) is 17.1 Å². The van der Waals surface area contributed by atoms with Gasteiger partial charge >= 0.3 is 0 Å². The molecule has 4 aliphatic rings. The van der Waals surface area contributed by atoms with E-state index in [1.54, 1.807) is 60.7 Å². The first kappa shape index (κ1) is 32.4. The predicted octanol–water partition coefficient (Wildman–Crippen LogP) is 7.41. The summed E-state index contributed by atoms with van der Waals surface area (Å²) in [4.78, 5) is 64.8.